The highest BCUT2D eigenvalue weighted by Gasteiger charge is 2.51. The third-order valence-electron chi connectivity index (χ3n) is 12.1. The average molecular weight is 996 g/mol. The van der Waals surface area contributed by atoms with E-state index in [-0.39, 0.29) is 54.8 Å². The lowest BCUT2D eigenvalue weighted by Crippen LogP contribution is -2.57. The summed E-state index contributed by atoms with van der Waals surface area (Å²) >= 11 is 7.20. The number of hydrogen-bond acceptors (Lipinski definition) is 11. The fraction of sp³-hybridized carbons (Fsp3) is 0.353. The first-order valence-corrected chi connectivity index (χ1v) is 23.7. The normalized spacial score (nSPS) is 17.3. The first kappa shape index (κ1) is 51.0. The van der Waals surface area contributed by atoms with E-state index in [0.717, 1.165) is 38.7 Å². The van der Waals surface area contributed by atoms with Crippen LogP contribution in [0, 0.1) is 23.7 Å². The Labute approximate surface area is 413 Å². The minimum atomic E-state index is -4.82. The highest BCUT2D eigenvalue weighted by molar-refractivity contribution is 7.81. The summed E-state index contributed by atoms with van der Waals surface area (Å²) in [6.07, 6.45) is -5.31. The number of ether oxygens (including phenoxy) is 2. The first-order chi connectivity index (χ1) is 33.1. The number of β-amino-alcohol motifs (C(OH)–C–C–N with tert-alkyl or cyclic N) is 1. The Balaban J connectivity index is 0.928. The van der Waals surface area contributed by atoms with E-state index in [4.69, 9.17) is 21.7 Å². The van der Waals surface area contributed by atoms with Crippen LogP contribution in [0.1, 0.15) is 80.2 Å². The number of thiocarbonyl (C=S) groups is 1. The summed E-state index contributed by atoms with van der Waals surface area (Å²) in [5.41, 5.74) is 1.39. The van der Waals surface area contributed by atoms with Gasteiger partial charge in [0.1, 0.15) is 29.1 Å². The van der Waals surface area contributed by atoms with Crippen molar-refractivity contribution in [1.29, 1.82) is 5.26 Å². The molecule has 3 atom stereocenters. The van der Waals surface area contributed by atoms with Crippen LogP contribution in [0.4, 0.5) is 24.5 Å². The van der Waals surface area contributed by atoms with Gasteiger partial charge in [-0.15, -0.1) is 11.3 Å². The molecule has 5 aromatic rings. The van der Waals surface area contributed by atoms with Crippen molar-refractivity contribution in [2.24, 2.45) is 5.41 Å². The van der Waals surface area contributed by atoms with Gasteiger partial charge in [-0.1, -0.05) is 57.2 Å². The highest BCUT2D eigenvalue weighted by atomic mass is 32.1. The molecule has 3 heterocycles. The van der Waals surface area contributed by atoms with Gasteiger partial charge in [-0.25, -0.2) is 4.98 Å². The minimum Gasteiger partial charge on any atom is -0.493 e. The molecule has 0 unspecified atom stereocenters. The number of nitrogens with zero attached hydrogens (tertiary/aromatic N) is 5. The van der Waals surface area contributed by atoms with Crippen LogP contribution in [0.2, 0.25) is 0 Å². The number of alkyl halides is 3. The van der Waals surface area contributed by atoms with E-state index in [9.17, 15) is 42.7 Å². The van der Waals surface area contributed by atoms with Crippen molar-refractivity contribution in [2.45, 2.75) is 90.8 Å². The number of aryl methyl sites for hydroxylation is 1. The molecule has 2 aliphatic rings. The summed E-state index contributed by atoms with van der Waals surface area (Å²) in [5.74, 6) is -1.27. The van der Waals surface area contributed by atoms with Crippen molar-refractivity contribution in [1.82, 2.24) is 20.5 Å². The number of aromatic nitrogens is 1. The lowest BCUT2D eigenvalue weighted by molar-refractivity contribution is -0.142. The SMILES string of the molecule is Cc1ncsc1-c1ccc(CNC(=O)[C@@H]2C[C@@H](O)CN2C(=O)[C@@H](NC(=O)c2ccccc2OCCCOc2ccc(N3C(=S)N(c4ccc(C#N)c(C(F)(F)F)c4)C(=O)C3(C)C)cc2)C(C)(C)C)cc1. The lowest BCUT2D eigenvalue weighted by Gasteiger charge is -2.35. The standard InChI is InChI=1S/C51H52F3N7O7S2/c1-30-42(70-29-57-30)32-14-12-31(13-15-32)27-56-45(64)40-25-36(62)28-59(40)46(65)43(49(2,3)4)58-44(63)38-10-7-8-11-41(38)68-23-9-22-67-37-20-18-34(19-21-37)61-48(69)60(47(66)50(61,5)6)35-17-16-33(26-55)39(24-35)51(52,53)54/h7-8,10-21,24,29,36,40,43,62H,9,22-23,25,27-28H2,1-6H3,(H,56,64)(H,58,63)/t36-,40+,43-/m1/s1. The molecule has 0 spiro atoms. The molecule has 4 aromatic carbocycles. The van der Waals surface area contributed by atoms with Crippen LogP contribution in [0.5, 0.6) is 11.5 Å². The molecule has 2 saturated heterocycles. The molecule has 14 nitrogen and oxygen atoms in total. The van der Waals surface area contributed by atoms with Gasteiger partial charge < -0.3 is 35.0 Å². The summed E-state index contributed by atoms with van der Waals surface area (Å²) in [5, 5.41) is 25.7. The topological polar surface area (TPSA) is 177 Å². The Morgan fingerprint density at radius 3 is 2.30 bits per heavy atom. The summed E-state index contributed by atoms with van der Waals surface area (Å²) in [4.78, 5) is 64.7. The predicted octanol–water partition coefficient (Wildman–Crippen LogP) is 8.20. The number of halogens is 3. The molecule has 0 bridgehead atoms. The zero-order valence-corrected chi connectivity index (χ0v) is 40.9. The van der Waals surface area contributed by atoms with Crippen LogP contribution in [0.25, 0.3) is 10.4 Å². The maximum absolute atomic E-state index is 14.3. The number of amides is 4. The van der Waals surface area contributed by atoms with E-state index in [1.165, 1.54) is 11.0 Å². The number of aliphatic hydroxyl groups is 1. The van der Waals surface area contributed by atoms with Gasteiger partial charge in [-0.05, 0) is 104 Å². The smallest absolute Gasteiger partial charge is 0.417 e. The third-order valence-corrected chi connectivity index (χ3v) is 13.4. The second-order valence-electron chi connectivity index (χ2n) is 18.5. The molecule has 3 N–H and O–H groups in total. The molecule has 0 saturated carbocycles. The number of carbonyl (C=O) groups is 4. The second-order valence-corrected chi connectivity index (χ2v) is 19.8. The molecule has 2 aliphatic heterocycles. The Bertz CT molecular complexity index is 2820. The Morgan fingerprint density at radius 1 is 0.986 bits per heavy atom. The number of nitrogens with one attached hydrogen (secondary N) is 2. The number of para-hydroxylation sites is 1. The van der Waals surface area contributed by atoms with E-state index < -0.39 is 70.1 Å². The molecule has 70 heavy (non-hydrogen) atoms. The van der Waals surface area contributed by atoms with E-state index in [1.54, 1.807) is 111 Å². The van der Waals surface area contributed by atoms with Gasteiger partial charge in [0.25, 0.3) is 11.8 Å². The molecule has 366 valence electrons. The van der Waals surface area contributed by atoms with Gasteiger partial charge in [0, 0.05) is 31.6 Å². The number of anilines is 2. The molecule has 2 fully saturated rings. The Morgan fingerprint density at radius 2 is 1.66 bits per heavy atom. The van der Waals surface area contributed by atoms with Gasteiger partial charge in [-0.2, -0.15) is 18.4 Å². The number of nitriles is 1. The maximum atomic E-state index is 14.3. The first-order valence-electron chi connectivity index (χ1n) is 22.4. The number of hydrogen-bond donors (Lipinski definition) is 3. The zero-order valence-electron chi connectivity index (χ0n) is 39.3. The minimum absolute atomic E-state index is 0.0369. The van der Waals surface area contributed by atoms with Gasteiger partial charge >= 0.3 is 6.18 Å². The van der Waals surface area contributed by atoms with Crippen molar-refractivity contribution >= 4 is 63.7 Å². The molecule has 4 amide bonds. The summed E-state index contributed by atoms with van der Waals surface area (Å²) in [7, 11) is 0. The quantitative estimate of drug-likeness (QED) is 0.0681. The molecule has 1 aromatic heterocycles. The van der Waals surface area contributed by atoms with Gasteiger partial charge in [0.15, 0.2) is 5.11 Å². The zero-order chi connectivity index (χ0) is 50.7. The average Bonchev–Trinajstić information content (AvgIpc) is 3.98. The number of aliphatic hydroxyl groups excluding tert-OH is 1. The molecule has 0 aliphatic carbocycles. The van der Waals surface area contributed by atoms with Crippen LogP contribution in [0.3, 0.4) is 0 Å². The maximum Gasteiger partial charge on any atom is 0.417 e. The molecule has 0 radical (unpaired) electrons. The lowest BCUT2D eigenvalue weighted by atomic mass is 9.85. The van der Waals surface area contributed by atoms with Crippen molar-refractivity contribution in [3.63, 3.8) is 0 Å². The summed E-state index contributed by atoms with van der Waals surface area (Å²) < 4.78 is 53.3. The fourth-order valence-corrected chi connectivity index (χ4v) is 9.68. The van der Waals surface area contributed by atoms with Crippen molar-refractivity contribution < 1.29 is 46.9 Å². The van der Waals surface area contributed by atoms with Crippen LogP contribution in [-0.4, -0.2) is 87.2 Å². The Kier molecular flexibility index (Phi) is 15.0. The van der Waals surface area contributed by atoms with Crippen molar-refractivity contribution in [3.8, 4) is 28.0 Å². The predicted molar refractivity (Wildman–Crippen MR) is 262 cm³/mol. The van der Waals surface area contributed by atoms with Crippen LogP contribution < -0.4 is 29.9 Å². The van der Waals surface area contributed by atoms with Crippen LogP contribution >= 0.6 is 23.6 Å². The van der Waals surface area contributed by atoms with Gasteiger partial charge in [0.2, 0.25) is 11.8 Å². The highest BCUT2D eigenvalue weighted by Crippen LogP contribution is 2.40. The largest absolute Gasteiger partial charge is 0.493 e. The van der Waals surface area contributed by atoms with Crippen molar-refractivity contribution in [2.75, 3.05) is 29.6 Å². The third kappa shape index (κ3) is 10.9. The summed E-state index contributed by atoms with van der Waals surface area (Å²) in [6, 6.07) is 23.6. The molecule has 19 heteroatoms. The number of rotatable bonds is 15. The van der Waals surface area contributed by atoms with E-state index in [0.29, 0.717) is 17.9 Å². The number of carbonyl (C=O) groups excluding carboxylic acids is 4. The van der Waals surface area contributed by atoms with Gasteiger partial charge in [-0.3, -0.25) is 24.1 Å². The monoisotopic (exact) mass is 995 g/mol. The van der Waals surface area contributed by atoms with Gasteiger partial charge in [0.05, 0.1) is 63.8 Å². The molecular weight excluding hydrogens is 944 g/mol. The van der Waals surface area contributed by atoms with Crippen molar-refractivity contribution in [3.05, 3.63) is 124 Å². The fourth-order valence-electron chi connectivity index (χ4n) is 8.35. The van der Waals surface area contributed by atoms with E-state index >= 15 is 0 Å². The van der Waals surface area contributed by atoms with E-state index in [2.05, 4.69) is 15.6 Å². The molecule has 7 rings (SSSR count). The van der Waals surface area contributed by atoms with Crippen LogP contribution in [-0.2, 0) is 27.1 Å². The Hall–Kier alpha value is -6.88. The second kappa shape index (κ2) is 20.6. The van der Waals surface area contributed by atoms with E-state index in [1.807, 2.05) is 31.2 Å². The molecular formula is C51H52F3N7O7S2. The number of likely N-dealkylation sites (tertiary alicyclic amines) is 1. The number of thiazole rings is 1. The summed E-state index contributed by atoms with van der Waals surface area (Å²) in [6.45, 7) is 11.1. The number of benzene rings is 4. The van der Waals surface area contributed by atoms with Crippen LogP contribution in [0.15, 0.2) is 96.5 Å².